The number of primary amides is 1. The van der Waals surface area contributed by atoms with Crippen LogP contribution in [0.5, 0.6) is 0 Å². The zero-order valence-electron chi connectivity index (χ0n) is 15.6. The molecule has 0 spiro atoms. The average molecular weight is 403 g/mol. The van der Waals surface area contributed by atoms with Crippen molar-refractivity contribution in [2.24, 2.45) is 17.2 Å². The summed E-state index contributed by atoms with van der Waals surface area (Å²) < 4.78 is 0. The highest BCUT2D eigenvalue weighted by atomic mass is 16.4. The van der Waals surface area contributed by atoms with Gasteiger partial charge in [-0.25, -0.2) is 4.79 Å². The van der Waals surface area contributed by atoms with Gasteiger partial charge in [0.05, 0.1) is 6.04 Å². The Morgan fingerprint density at radius 3 is 1.93 bits per heavy atom. The number of carboxylic acids is 2. The van der Waals surface area contributed by atoms with Crippen molar-refractivity contribution in [3.63, 3.8) is 0 Å². The predicted octanol–water partition coefficient (Wildman–Crippen LogP) is -2.37. The van der Waals surface area contributed by atoms with E-state index in [0.29, 0.717) is 19.4 Å². The molecule has 0 saturated carbocycles. The Morgan fingerprint density at radius 2 is 1.43 bits per heavy atom. The van der Waals surface area contributed by atoms with E-state index in [1.165, 1.54) is 0 Å². The van der Waals surface area contributed by atoms with Gasteiger partial charge in [0.2, 0.25) is 17.7 Å². The quantitative estimate of drug-likeness (QED) is 0.145. The Bertz CT molecular complexity index is 570. The summed E-state index contributed by atoms with van der Waals surface area (Å²) in [4.78, 5) is 57.4. The summed E-state index contributed by atoms with van der Waals surface area (Å²) in [5, 5.41) is 22.6. The maximum absolute atomic E-state index is 12.4. The zero-order chi connectivity index (χ0) is 21.7. The van der Waals surface area contributed by atoms with Gasteiger partial charge in [-0.05, 0) is 38.6 Å². The van der Waals surface area contributed by atoms with Gasteiger partial charge in [0, 0.05) is 12.8 Å². The van der Waals surface area contributed by atoms with Gasteiger partial charge in [-0.3, -0.25) is 19.2 Å². The van der Waals surface area contributed by atoms with Crippen LogP contribution in [0.4, 0.5) is 0 Å². The van der Waals surface area contributed by atoms with Crippen LogP contribution in [0, 0.1) is 0 Å². The highest BCUT2D eigenvalue weighted by molar-refractivity contribution is 5.92. The highest BCUT2D eigenvalue weighted by Crippen LogP contribution is 2.05. The molecular formula is C16H29N5O7. The number of aliphatic carboxylic acids is 2. The van der Waals surface area contributed by atoms with Crippen LogP contribution in [0.15, 0.2) is 0 Å². The second kappa shape index (κ2) is 13.4. The Kier molecular flexibility index (Phi) is 12.1. The van der Waals surface area contributed by atoms with Crippen molar-refractivity contribution in [2.45, 2.75) is 63.1 Å². The fourth-order valence-electron chi connectivity index (χ4n) is 2.27. The summed E-state index contributed by atoms with van der Waals surface area (Å²) in [6.45, 7) is 0.376. The molecule has 0 aliphatic carbocycles. The van der Waals surface area contributed by atoms with Crippen molar-refractivity contribution in [3.05, 3.63) is 0 Å². The Balaban J connectivity index is 5.01. The van der Waals surface area contributed by atoms with Crippen LogP contribution in [-0.4, -0.2) is 64.5 Å². The monoisotopic (exact) mass is 403 g/mol. The number of carboxylic acid groups (broad SMARTS) is 2. The molecule has 12 nitrogen and oxygen atoms in total. The van der Waals surface area contributed by atoms with E-state index in [4.69, 9.17) is 22.3 Å². The second-order valence-electron chi connectivity index (χ2n) is 6.29. The number of nitrogens with one attached hydrogen (secondary N) is 2. The van der Waals surface area contributed by atoms with Gasteiger partial charge in [0.1, 0.15) is 12.1 Å². The van der Waals surface area contributed by atoms with E-state index in [2.05, 4.69) is 10.6 Å². The van der Waals surface area contributed by atoms with Crippen molar-refractivity contribution in [1.82, 2.24) is 10.6 Å². The topological polar surface area (TPSA) is 228 Å². The number of rotatable bonds is 15. The van der Waals surface area contributed by atoms with Crippen molar-refractivity contribution < 1.29 is 34.2 Å². The van der Waals surface area contributed by atoms with Gasteiger partial charge in [-0.15, -0.1) is 0 Å². The average Bonchev–Trinajstić information content (AvgIpc) is 2.61. The van der Waals surface area contributed by atoms with E-state index in [1.807, 2.05) is 0 Å². The van der Waals surface area contributed by atoms with E-state index in [9.17, 15) is 29.1 Å². The van der Waals surface area contributed by atoms with Gasteiger partial charge < -0.3 is 38.0 Å². The van der Waals surface area contributed by atoms with Gasteiger partial charge in [0.25, 0.3) is 0 Å². The van der Waals surface area contributed by atoms with Crippen molar-refractivity contribution in [1.29, 1.82) is 0 Å². The summed E-state index contributed by atoms with van der Waals surface area (Å²) in [6, 6.07) is -3.63. The molecule has 3 unspecified atom stereocenters. The number of amides is 3. The Morgan fingerprint density at radius 1 is 0.821 bits per heavy atom. The Hall–Kier alpha value is -2.73. The fourth-order valence-corrected chi connectivity index (χ4v) is 2.27. The molecule has 0 heterocycles. The molecule has 160 valence electrons. The van der Waals surface area contributed by atoms with Gasteiger partial charge in [-0.2, -0.15) is 0 Å². The third-order valence-electron chi connectivity index (χ3n) is 3.88. The number of carbonyl (C=O) groups is 5. The molecule has 0 radical (unpaired) electrons. The van der Waals surface area contributed by atoms with Crippen LogP contribution in [0.25, 0.3) is 0 Å². The minimum Gasteiger partial charge on any atom is -0.481 e. The minimum absolute atomic E-state index is 0.0503. The normalized spacial score (nSPS) is 13.8. The van der Waals surface area contributed by atoms with E-state index in [0.717, 1.165) is 0 Å². The van der Waals surface area contributed by atoms with Crippen molar-refractivity contribution in [3.8, 4) is 0 Å². The molecule has 0 fully saturated rings. The van der Waals surface area contributed by atoms with E-state index < -0.39 is 54.2 Å². The maximum atomic E-state index is 12.4. The number of hydrogen-bond acceptors (Lipinski definition) is 7. The molecule has 0 bridgehead atoms. The molecule has 0 saturated heterocycles. The molecule has 3 atom stereocenters. The smallest absolute Gasteiger partial charge is 0.326 e. The minimum atomic E-state index is -1.29. The van der Waals surface area contributed by atoms with Gasteiger partial charge in [-0.1, -0.05) is 0 Å². The number of carbonyl (C=O) groups excluding carboxylic acids is 3. The largest absolute Gasteiger partial charge is 0.481 e. The van der Waals surface area contributed by atoms with E-state index >= 15 is 0 Å². The lowest BCUT2D eigenvalue weighted by Crippen LogP contribution is -2.54. The summed E-state index contributed by atoms with van der Waals surface area (Å²) in [6.07, 6.45) is 0.305. The van der Waals surface area contributed by atoms with Crippen LogP contribution in [0.3, 0.4) is 0 Å². The van der Waals surface area contributed by atoms with Crippen LogP contribution in [0.2, 0.25) is 0 Å². The lowest BCUT2D eigenvalue weighted by molar-refractivity contribution is -0.143. The summed E-state index contributed by atoms with van der Waals surface area (Å²) in [7, 11) is 0. The first-order valence-electron chi connectivity index (χ1n) is 8.87. The lowest BCUT2D eigenvalue weighted by Gasteiger charge is -2.22. The summed E-state index contributed by atoms with van der Waals surface area (Å²) in [5.74, 6) is -4.71. The van der Waals surface area contributed by atoms with E-state index in [1.54, 1.807) is 0 Å². The SMILES string of the molecule is NCCCCC(NC(=O)C(CCC(=O)O)NC(=O)C(N)CCC(N)=O)C(=O)O. The molecule has 3 amide bonds. The van der Waals surface area contributed by atoms with E-state index in [-0.39, 0.29) is 25.7 Å². The second-order valence-corrected chi connectivity index (χ2v) is 6.29. The maximum Gasteiger partial charge on any atom is 0.326 e. The summed E-state index contributed by atoms with van der Waals surface area (Å²) in [5.41, 5.74) is 16.0. The molecule has 10 N–H and O–H groups in total. The standard InChI is InChI=1S/C16H29N5O7/c17-8-2-1-3-11(16(27)28)21-15(26)10(5-7-13(23)24)20-14(25)9(18)4-6-12(19)22/h9-11H,1-8,17-18H2,(H2,19,22)(H,20,25)(H,21,26)(H,23,24)(H,27,28). The third-order valence-corrected chi connectivity index (χ3v) is 3.88. The first-order chi connectivity index (χ1) is 13.1. The Labute approximate surface area is 162 Å². The first kappa shape index (κ1) is 25.3. The molecule has 0 aromatic rings. The fraction of sp³-hybridized carbons (Fsp3) is 0.688. The number of unbranched alkanes of at least 4 members (excludes halogenated alkanes) is 1. The molecule has 0 aromatic carbocycles. The number of nitrogens with two attached hydrogens (primary N) is 3. The van der Waals surface area contributed by atoms with Crippen LogP contribution < -0.4 is 27.8 Å². The molecule has 0 rings (SSSR count). The van der Waals surface area contributed by atoms with Crippen LogP contribution in [0.1, 0.15) is 44.9 Å². The molecule has 0 aliphatic heterocycles. The molecule has 0 aromatic heterocycles. The summed E-state index contributed by atoms with van der Waals surface area (Å²) >= 11 is 0. The zero-order valence-corrected chi connectivity index (χ0v) is 15.6. The molecule has 28 heavy (non-hydrogen) atoms. The van der Waals surface area contributed by atoms with Crippen LogP contribution >= 0.6 is 0 Å². The molecular weight excluding hydrogens is 374 g/mol. The van der Waals surface area contributed by atoms with Gasteiger partial charge in [0.15, 0.2) is 0 Å². The molecule has 0 aliphatic rings. The predicted molar refractivity (Wildman–Crippen MR) is 97.7 cm³/mol. The lowest BCUT2D eigenvalue weighted by atomic mass is 10.1. The van der Waals surface area contributed by atoms with Crippen LogP contribution in [-0.2, 0) is 24.0 Å². The van der Waals surface area contributed by atoms with Gasteiger partial charge >= 0.3 is 11.9 Å². The van der Waals surface area contributed by atoms with Crippen molar-refractivity contribution in [2.75, 3.05) is 6.54 Å². The highest BCUT2D eigenvalue weighted by Gasteiger charge is 2.28. The van der Waals surface area contributed by atoms with Crippen molar-refractivity contribution >= 4 is 29.7 Å². The third kappa shape index (κ3) is 11.1. The first-order valence-corrected chi connectivity index (χ1v) is 8.87. The number of hydrogen-bond donors (Lipinski definition) is 7. The molecule has 12 heteroatoms.